The van der Waals surface area contributed by atoms with E-state index in [0.717, 1.165) is 0 Å². The Hall–Kier alpha value is -1.49. The second-order valence-corrected chi connectivity index (χ2v) is 1.42. The van der Waals surface area contributed by atoms with E-state index in [1.54, 1.807) is 24.5 Å². The molecule has 0 amide bonds. The zero-order valence-corrected chi connectivity index (χ0v) is 4.66. The minimum atomic E-state index is 0.458. The maximum absolute atomic E-state index is 8.03. The van der Waals surface area contributed by atoms with Crippen LogP contribution in [-0.4, -0.2) is 0 Å². The third kappa shape index (κ3) is 1.46. The van der Waals surface area contributed by atoms with Crippen molar-refractivity contribution in [3.05, 3.63) is 30.3 Å². The van der Waals surface area contributed by atoms with Crippen molar-refractivity contribution in [3.63, 3.8) is 0 Å². The van der Waals surface area contributed by atoms with Gasteiger partial charge < -0.3 is 4.74 Å². The van der Waals surface area contributed by atoms with E-state index in [1.807, 2.05) is 6.07 Å². The second kappa shape index (κ2) is 2.73. The lowest BCUT2D eigenvalue weighted by Gasteiger charge is -1.89. The molecule has 0 unspecified atom stereocenters. The minimum Gasteiger partial charge on any atom is -0.387 e. The topological polar surface area (TPSA) is 33.0 Å². The Morgan fingerprint density at radius 3 is 3.00 bits per heavy atom. The van der Waals surface area contributed by atoms with Gasteiger partial charge in [-0.3, -0.25) is 0 Å². The van der Waals surface area contributed by atoms with Crippen LogP contribution in [0.15, 0.2) is 24.3 Å². The summed E-state index contributed by atoms with van der Waals surface area (Å²) in [6, 6.07) is 9.67. The molecule has 0 atom stereocenters. The fourth-order valence-electron chi connectivity index (χ4n) is 0.490. The predicted molar refractivity (Wildman–Crippen MR) is 31.5 cm³/mol. The molecule has 0 saturated heterocycles. The maximum Gasteiger partial charge on any atom is 0.292 e. The van der Waals surface area contributed by atoms with E-state index >= 15 is 0 Å². The van der Waals surface area contributed by atoms with Gasteiger partial charge in [-0.1, -0.05) is 18.2 Å². The molecule has 0 fully saturated rings. The molecule has 0 saturated carbocycles. The molecular formula is C7H4NO. The fraction of sp³-hybridized carbons (Fsp3) is 0. The van der Waals surface area contributed by atoms with Crippen molar-refractivity contribution < 1.29 is 4.74 Å². The van der Waals surface area contributed by atoms with Crippen LogP contribution in [0.4, 0.5) is 0 Å². The van der Waals surface area contributed by atoms with Gasteiger partial charge in [-0.15, -0.1) is 5.26 Å². The standard InChI is InChI=1S/C7H4NO/c8-6-9-7-4-2-1-3-5-7/h1-4H. The first kappa shape index (κ1) is 5.64. The molecule has 0 N–H and O–H groups in total. The molecule has 1 rings (SSSR count). The quantitative estimate of drug-likeness (QED) is 0.521. The summed E-state index contributed by atoms with van der Waals surface area (Å²) in [5.74, 6) is 0.458. The summed E-state index contributed by atoms with van der Waals surface area (Å²) in [5.41, 5.74) is 0. The molecule has 9 heavy (non-hydrogen) atoms. The molecule has 0 heterocycles. The number of para-hydroxylation sites is 1. The third-order valence-corrected chi connectivity index (χ3v) is 0.836. The van der Waals surface area contributed by atoms with E-state index < -0.39 is 0 Å². The van der Waals surface area contributed by atoms with Gasteiger partial charge in [-0.2, -0.15) is 0 Å². The monoisotopic (exact) mass is 118 g/mol. The van der Waals surface area contributed by atoms with Gasteiger partial charge in [0.2, 0.25) is 0 Å². The van der Waals surface area contributed by atoms with Gasteiger partial charge in [0, 0.05) is 6.07 Å². The average molecular weight is 118 g/mol. The molecule has 2 nitrogen and oxygen atoms in total. The molecule has 0 aliphatic carbocycles. The number of rotatable bonds is 1. The molecule has 0 aromatic heterocycles. The number of nitrogens with zero attached hydrogens (tertiary/aromatic N) is 1. The Labute approximate surface area is 53.3 Å². The number of ether oxygens (including phenoxy) is 1. The molecule has 0 aliphatic rings. The van der Waals surface area contributed by atoms with Gasteiger partial charge in [0.05, 0.1) is 0 Å². The van der Waals surface area contributed by atoms with E-state index in [2.05, 4.69) is 10.8 Å². The van der Waals surface area contributed by atoms with Crippen molar-refractivity contribution in [2.24, 2.45) is 0 Å². The molecule has 2 heteroatoms. The van der Waals surface area contributed by atoms with Crippen LogP contribution in [0.5, 0.6) is 5.75 Å². The zero-order valence-electron chi connectivity index (χ0n) is 4.66. The average Bonchev–Trinajstić information content (AvgIpc) is 1.91. The van der Waals surface area contributed by atoms with Gasteiger partial charge in [0.25, 0.3) is 6.26 Å². The lowest BCUT2D eigenvalue weighted by atomic mass is 10.3. The van der Waals surface area contributed by atoms with Gasteiger partial charge in [-0.05, 0) is 6.07 Å². The molecule has 0 aliphatic heterocycles. The molecule has 1 radical (unpaired) electrons. The summed E-state index contributed by atoms with van der Waals surface area (Å²) in [7, 11) is 0. The van der Waals surface area contributed by atoms with Gasteiger partial charge in [0.15, 0.2) is 0 Å². The van der Waals surface area contributed by atoms with Crippen LogP contribution in [0, 0.1) is 17.6 Å². The van der Waals surface area contributed by atoms with Gasteiger partial charge in [-0.25, -0.2) is 0 Å². The van der Waals surface area contributed by atoms with Crippen molar-refractivity contribution in [1.82, 2.24) is 0 Å². The van der Waals surface area contributed by atoms with Crippen molar-refractivity contribution in [1.29, 1.82) is 5.26 Å². The molecule has 43 valence electrons. The number of benzene rings is 1. The Morgan fingerprint density at radius 1 is 1.56 bits per heavy atom. The largest absolute Gasteiger partial charge is 0.387 e. The summed E-state index contributed by atoms with van der Waals surface area (Å²) >= 11 is 0. The normalized spacial score (nSPS) is 7.89. The summed E-state index contributed by atoms with van der Waals surface area (Å²) < 4.78 is 4.46. The Balaban J connectivity index is 2.76. The second-order valence-electron chi connectivity index (χ2n) is 1.42. The highest BCUT2D eigenvalue weighted by atomic mass is 16.5. The molecule has 0 spiro atoms. The zero-order chi connectivity index (χ0) is 6.53. The van der Waals surface area contributed by atoms with Gasteiger partial charge in [0.1, 0.15) is 5.75 Å². The number of nitriles is 1. The molecule has 0 bridgehead atoms. The summed E-state index contributed by atoms with van der Waals surface area (Å²) in [4.78, 5) is 0. The van der Waals surface area contributed by atoms with Crippen LogP contribution in [0.3, 0.4) is 0 Å². The van der Waals surface area contributed by atoms with Crippen LogP contribution in [0.1, 0.15) is 0 Å². The number of hydrogen-bond donors (Lipinski definition) is 0. The van der Waals surface area contributed by atoms with Crippen LogP contribution in [0.2, 0.25) is 0 Å². The molecule has 1 aromatic carbocycles. The van der Waals surface area contributed by atoms with E-state index in [9.17, 15) is 0 Å². The summed E-state index contributed by atoms with van der Waals surface area (Å²) in [6.45, 7) is 0. The molecule has 1 aromatic rings. The maximum atomic E-state index is 8.03. The lowest BCUT2D eigenvalue weighted by Crippen LogP contribution is -1.78. The minimum absolute atomic E-state index is 0.458. The van der Waals surface area contributed by atoms with Crippen LogP contribution >= 0.6 is 0 Å². The van der Waals surface area contributed by atoms with E-state index in [-0.39, 0.29) is 0 Å². The first-order valence-electron chi connectivity index (χ1n) is 2.46. The first-order valence-corrected chi connectivity index (χ1v) is 2.46. The Bertz CT molecular complexity index is 212. The van der Waals surface area contributed by atoms with E-state index in [1.165, 1.54) is 0 Å². The molecular weight excluding hydrogens is 114 g/mol. The predicted octanol–water partition coefficient (Wildman–Crippen LogP) is 1.35. The van der Waals surface area contributed by atoms with Crippen molar-refractivity contribution in [3.8, 4) is 12.0 Å². The smallest absolute Gasteiger partial charge is 0.292 e. The van der Waals surface area contributed by atoms with Crippen molar-refractivity contribution in [2.45, 2.75) is 0 Å². The van der Waals surface area contributed by atoms with Crippen molar-refractivity contribution in [2.75, 3.05) is 0 Å². The van der Waals surface area contributed by atoms with Crippen LogP contribution < -0.4 is 4.74 Å². The first-order chi connectivity index (χ1) is 4.43. The highest BCUT2D eigenvalue weighted by Crippen LogP contribution is 2.05. The Morgan fingerprint density at radius 2 is 2.44 bits per heavy atom. The summed E-state index contributed by atoms with van der Waals surface area (Å²) in [5, 5.41) is 8.03. The highest BCUT2D eigenvalue weighted by molar-refractivity contribution is 5.20. The third-order valence-electron chi connectivity index (χ3n) is 0.836. The van der Waals surface area contributed by atoms with Crippen molar-refractivity contribution >= 4 is 0 Å². The van der Waals surface area contributed by atoms with Gasteiger partial charge >= 0.3 is 0 Å². The highest BCUT2D eigenvalue weighted by Gasteiger charge is 1.85. The van der Waals surface area contributed by atoms with E-state index in [0.29, 0.717) is 5.75 Å². The SMILES string of the molecule is N#COc1[c]cccc1. The summed E-state index contributed by atoms with van der Waals surface area (Å²) in [6.07, 6.45) is 1.55. The number of hydrogen-bond acceptors (Lipinski definition) is 2. The van der Waals surface area contributed by atoms with Crippen LogP contribution in [0.25, 0.3) is 0 Å². The lowest BCUT2D eigenvalue weighted by molar-refractivity contribution is 0.506. The fourth-order valence-corrected chi connectivity index (χ4v) is 0.490. The Kier molecular flexibility index (Phi) is 1.71. The van der Waals surface area contributed by atoms with E-state index in [4.69, 9.17) is 5.26 Å². The van der Waals surface area contributed by atoms with Crippen LogP contribution in [-0.2, 0) is 0 Å².